The molecule has 0 radical (unpaired) electrons. The summed E-state index contributed by atoms with van der Waals surface area (Å²) in [6.45, 7) is 2.95. The average Bonchev–Trinajstić information content (AvgIpc) is 3.08. The number of aliphatic hydroxyl groups is 1. The molecule has 0 spiro atoms. The van der Waals surface area contributed by atoms with Crippen LogP contribution >= 0.6 is 12.4 Å². The molecule has 8 nitrogen and oxygen atoms in total. The van der Waals surface area contributed by atoms with Crippen molar-refractivity contribution in [2.45, 2.75) is 25.6 Å². The molecule has 0 aliphatic carbocycles. The maximum absolute atomic E-state index is 12.4. The Labute approximate surface area is 162 Å². The van der Waals surface area contributed by atoms with Crippen LogP contribution in [0.15, 0.2) is 46.2 Å². The molecule has 3 aromatic rings. The van der Waals surface area contributed by atoms with Crippen LogP contribution in [0.1, 0.15) is 18.6 Å². The fourth-order valence-corrected chi connectivity index (χ4v) is 3.03. The maximum Gasteiger partial charge on any atom is 0.332 e. The summed E-state index contributed by atoms with van der Waals surface area (Å²) in [7, 11) is 3.05. The molecule has 1 aromatic carbocycles. The normalized spacial score (nSPS) is 13.3. The van der Waals surface area contributed by atoms with Crippen molar-refractivity contribution in [2.24, 2.45) is 14.1 Å². The van der Waals surface area contributed by atoms with Gasteiger partial charge in [0.2, 0.25) is 0 Å². The van der Waals surface area contributed by atoms with E-state index in [1.807, 2.05) is 37.3 Å². The van der Waals surface area contributed by atoms with Crippen molar-refractivity contribution in [3.8, 4) is 0 Å². The monoisotopic (exact) mass is 393 g/mol. The van der Waals surface area contributed by atoms with Gasteiger partial charge in [0.25, 0.3) is 5.56 Å². The number of aliphatic hydroxyl groups excluding tert-OH is 1. The van der Waals surface area contributed by atoms with Crippen LogP contribution in [0.3, 0.4) is 0 Å². The van der Waals surface area contributed by atoms with E-state index in [9.17, 15) is 14.7 Å². The molecule has 0 aliphatic heterocycles. The summed E-state index contributed by atoms with van der Waals surface area (Å²) >= 11 is 0. The number of rotatable bonds is 6. The van der Waals surface area contributed by atoms with Gasteiger partial charge < -0.3 is 15.0 Å². The summed E-state index contributed by atoms with van der Waals surface area (Å²) in [6, 6.07) is 9.31. The number of aryl methyl sites for hydroxylation is 1. The van der Waals surface area contributed by atoms with Gasteiger partial charge in [-0.3, -0.25) is 13.9 Å². The summed E-state index contributed by atoms with van der Waals surface area (Å²) in [5.41, 5.74) is 0.857. The van der Waals surface area contributed by atoms with E-state index in [-0.39, 0.29) is 24.0 Å². The predicted octanol–water partition coefficient (Wildman–Crippen LogP) is 0.567. The summed E-state index contributed by atoms with van der Waals surface area (Å²) in [5.74, 6) is 0. The standard InChI is InChI=1S/C18H23N5O3.ClH/c1-12(15(24)13-7-5-4-6-8-13)19-9-10-23-11-20-16-14(23)17(25)22(3)18(26)21(16)2;/h4-8,11-12,15,19,24H,9-10H2,1-3H3;1H/t12-,15-;/m0./s1. The number of benzene rings is 1. The van der Waals surface area contributed by atoms with Crippen LogP contribution in [0, 0.1) is 0 Å². The number of hydrogen-bond donors (Lipinski definition) is 2. The quantitative estimate of drug-likeness (QED) is 0.638. The Hall–Kier alpha value is -2.42. The van der Waals surface area contributed by atoms with Gasteiger partial charge in [0.05, 0.1) is 12.4 Å². The molecule has 0 unspecified atom stereocenters. The molecule has 0 saturated carbocycles. The molecule has 0 amide bonds. The summed E-state index contributed by atoms with van der Waals surface area (Å²) in [4.78, 5) is 28.6. The Morgan fingerprint density at radius 3 is 2.48 bits per heavy atom. The van der Waals surface area contributed by atoms with Gasteiger partial charge in [-0.25, -0.2) is 9.78 Å². The molecule has 2 aromatic heterocycles. The lowest BCUT2D eigenvalue weighted by molar-refractivity contribution is 0.135. The van der Waals surface area contributed by atoms with E-state index < -0.39 is 11.8 Å². The van der Waals surface area contributed by atoms with Crippen LogP contribution < -0.4 is 16.6 Å². The van der Waals surface area contributed by atoms with Gasteiger partial charge in [0.1, 0.15) is 0 Å². The fraction of sp³-hybridized carbons (Fsp3) is 0.389. The van der Waals surface area contributed by atoms with Crippen molar-refractivity contribution in [1.29, 1.82) is 0 Å². The molecule has 146 valence electrons. The molecule has 0 aliphatic rings. The fourth-order valence-electron chi connectivity index (χ4n) is 3.03. The van der Waals surface area contributed by atoms with Crippen LogP contribution in [-0.4, -0.2) is 36.4 Å². The van der Waals surface area contributed by atoms with Crippen LogP contribution in [0.5, 0.6) is 0 Å². The number of imidazole rings is 1. The number of halogens is 1. The third-order valence-electron chi connectivity index (χ3n) is 4.65. The Kier molecular flexibility index (Phi) is 6.59. The van der Waals surface area contributed by atoms with Gasteiger partial charge in [-0.15, -0.1) is 12.4 Å². The first-order chi connectivity index (χ1) is 12.4. The molecule has 0 bridgehead atoms. The highest BCUT2D eigenvalue weighted by molar-refractivity contribution is 5.85. The highest BCUT2D eigenvalue weighted by Crippen LogP contribution is 2.15. The van der Waals surface area contributed by atoms with Gasteiger partial charge in [-0.05, 0) is 12.5 Å². The van der Waals surface area contributed by atoms with E-state index in [0.29, 0.717) is 24.3 Å². The Morgan fingerprint density at radius 2 is 1.81 bits per heavy atom. The molecule has 0 fully saturated rings. The maximum atomic E-state index is 12.4. The van der Waals surface area contributed by atoms with Gasteiger partial charge in [0.15, 0.2) is 11.2 Å². The van der Waals surface area contributed by atoms with Crippen molar-refractivity contribution >= 4 is 23.6 Å². The molecular formula is C18H24ClN5O3. The van der Waals surface area contributed by atoms with Gasteiger partial charge in [-0.2, -0.15) is 0 Å². The number of aromatic nitrogens is 4. The zero-order valence-corrected chi connectivity index (χ0v) is 16.3. The summed E-state index contributed by atoms with van der Waals surface area (Å²) in [5, 5.41) is 13.7. The molecule has 2 heterocycles. The van der Waals surface area contributed by atoms with Crippen LogP contribution in [-0.2, 0) is 20.6 Å². The molecule has 27 heavy (non-hydrogen) atoms. The van der Waals surface area contributed by atoms with E-state index in [1.54, 1.807) is 17.9 Å². The van der Waals surface area contributed by atoms with Crippen molar-refractivity contribution in [3.63, 3.8) is 0 Å². The largest absolute Gasteiger partial charge is 0.387 e. The summed E-state index contributed by atoms with van der Waals surface area (Å²) in [6.07, 6.45) is 0.940. The first-order valence-corrected chi connectivity index (χ1v) is 8.49. The second kappa shape index (κ2) is 8.51. The molecule has 9 heteroatoms. The molecule has 2 atom stereocenters. The third-order valence-corrected chi connectivity index (χ3v) is 4.65. The molecule has 2 N–H and O–H groups in total. The number of hydrogen-bond acceptors (Lipinski definition) is 5. The molecule has 0 saturated heterocycles. The first kappa shape index (κ1) is 20.9. The lowest BCUT2D eigenvalue weighted by Crippen LogP contribution is -2.38. The highest BCUT2D eigenvalue weighted by Gasteiger charge is 2.17. The van der Waals surface area contributed by atoms with Crippen molar-refractivity contribution in [3.05, 3.63) is 63.1 Å². The average molecular weight is 394 g/mol. The van der Waals surface area contributed by atoms with Gasteiger partial charge >= 0.3 is 5.69 Å². The van der Waals surface area contributed by atoms with Crippen LogP contribution in [0.25, 0.3) is 11.2 Å². The molecule has 3 rings (SSSR count). The van der Waals surface area contributed by atoms with Gasteiger partial charge in [0, 0.05) is 33.2 Å². The zero-order chi connectivity index (χ0) is 18.8. The number of nitrogens with zero attached hydrogens (tertiary/aromatic N) is 4. The number of nitrogens with one attached hydrogen (secondary N) is 1. The van der Waals surface area contributed by atoms with Crippen molar-refractivity contribution in [2.75, 3.05) is 6.54 Å². The summed E-state index contributed by atoms with van der Waals surface area (Å²) < 4.78 is 4.17. The first-order valence-electron chi connectivity index (χ1n) is 8.49. The SMILES string of the molecule is C[C@H](NCCn1cnc2c1c(=O)n(C)c(=O)n2C)[C@H](O)c1ccccc1.Cl. The second-order valence-electron chi connectivity index (χ2n) is 6.41. The minimum absolute atomic E-state index is 0. The van der Waals surface area contributed by atoms with E-state index in [1.165, 1.54) is 11.6 Å². The van der Waals surface area contributed by atoms with E-state index in [0.717, 1.165) is 10.1 Å². The Bertz CT molecular complexity index is 1030. The molecular weight excluding hydrogens is 370 g/mol. The topological polar surface area (TPSA) is 94.1 Å². The lowest BCUT2D eigenvalue weighted by atomic mass is 10.0. The minimum atomic E-state index is -0.621. The van der Waals surface area contributed by atoms with E-state index >= 15 is 0 Å². The van der Waals surface area contributed by atoms with Crippen molar-refractivity contribution < 1.29 is 5.11 Å². The second-order valence-corrected chi connectivity index (χ2v) is 6.41. The lowest BCUT2D eigenvalue weighted by Gasteiger charge is -2.20. The van der Waals surface area contributed by atoms with Crippen LogP contribution in [0.4, 0.5) is 0 Å². The predicted molar refractivity (Wildman–Crippen MR) is 106 cm³/mol. The van der Waals surface area contributed by atoms with E-state index in [4.69, 9.17) is 0 Å². The Balaban J connectivity index is 0.00000261. The van der Waals surface area contributed by atoms with E-state index in [2.05, 4.69) is 10.3 Å². The smallest absolute Gasteiger partial charge is 0.332 e. The third kappa shape index (κ3) is 3.97. The van der Waals surface area contributed by atoms with Gasteiger partial charge in [-0.1, -0.05) is 30.3 Å². The highest BCUT2D eigenvalue weighted by atomic mass is 35.5. The van der Waals surface area contributed by atoms with Crippen molar-refractivity contribution in [1.82, 2.24) is 24.0 Å². The minimum Gasteiger partial charge on any atom is -0.387 e. The zero-order valence-electron chi connectivity index (χ0n) is 15.5. The van der Waals surface area contributed by atoms with Crippen LogP contribution in [0.2, 0.25) is 0 Å². The number of fused-ring (bicyclic) bond motifs is 1. The Morgan fingerprint density at radius 1 is 1.15 bits per heavy atom.